The van der Waals surface area contributed by atoms with Crippen LogP contribution in [-0.2, 0) is 6.42 Å². The van der Waals surface area contributed by atoms with Crippen molar-refractivity contribution in [1.82, 2.24) is 15.2 Å². The Morgan fingerprint density at radius 1 is 1.19 bits per heavy atom. The molecule has 2 heterocycles. The van der Waals surface area contributed by atoms with Crippen LogP contribution < -0.4 is 10.2 Å². The van der Waals surface area contributed by atoms with E-state index in [-0.39, 0.29) is 0 Å². The molecule has 138 valence electrons. The normalized spacial score (nSPS) is 15.2. The van der Waals surface area contributed by atoms with E-state index in [0.29, 0.717) is 0 Å². The molecule has 0 aliphatic carbocycles. The molecule has 0 saturated carbocycles. The number of nitrogens with zero attached hydrogens (tertiary/aromatic N) is 4. The van der Waals surface area contributed by atoms with E-state index in [4.69, 9.17) is 16.6 Å². The van der Waals surface area contributed by atoms with Gasteiger partial charge in [-0.05, 0) is 43.2 Å². The molecule has 1 aliphatic rings. The second kappa shape index (κ2) is 9.43. The fourth-order valence-corrected chi connectivity index (χ4v) is 3.30. The van der Waals surface area contributed by atoms with E-state index >= 15 is 0 Å². The molecular weight excluding hydrogens is 346 g/mol. The van der Waals surface area contributed by atoms with Crippen LogP contribution in [0.5, 0.6) is 0 Å². The van der Waals surface area contributed by atoms with E-state index in [2.05, 4.69) is 39.2 Å². The first kappa shape index (κ1) is 18.5. The van der Waals surface area contributed by atoms with Gasteiger partial charge in [0.2, 0.25) is 0 Å². The topological polar surface area (TPSA) is 43.8 Å². The summed E-state index contributed by atoms with van der Waals surface area (Å²) in [7, 11) is 0. The van der Waals surface area contributed by atoms with Gasteiger partial charge in [-0.15, -0.1) is 0 Å². The maximum absolute atomic E-state index is 6.12. The summed E-state index contributed by atoms with van der Waals surface area (Å²) < 4.78 is 0. The number of aromatic nitrogens is 1. The van der Waals surface area contributed by atoms with E-state index in [1.807, 2.05) is 30.5 Å². The summed E-state index contributed by atoms with van der Waals surface area (Å²) in [5.74, 6) is 1.00. The SMILES string of the molecule is CCNC(=NCCc1cccnc1)N1CCN(c2cccc(Cl)c2)CC1. The maximum atomic E-state index is 6.12. The largest absolute Gasteiger partial charge is 0.368 e. The van der Waals surface area contributed by atoms with Crippen LogP contribution in [0.2, 0.25) is 5.02 Å². The van der Waals surface area contributed by atoms with Crippen LogP contribution in [0.1, 0.15) is 12.5 Å². The van der Waals surface area contributed by atoms with E-state index in [0.717, 1.165) is 56.7 Å². The molecule has 0 spiro atoms. The average molecular weight is 372 g/mol. The number of halogens is 1. The van der Waals surface area contributed by atoms with Crippen molar-refractivity contribution in [2.45, 2.75) is 13.3 Å². The number of rotatable bonds is 5. The first-order valence-electron chi connectivity index (χ1n) is 9.19. The van der Waals surface area contributed by atoms with Crippen LogP contribution in [0.3, 0.4) is 0 Å². The Labute approximate surface area is 160 Å². The zero-order valence-corrected chi connectivity index (χ0v) is 16.0. The van der Waals surface area contributed by atoms with Crippen LogP contribution in [0.15, 0.2) is 53.8 Å². The number of hydrogen-bond acceptors (Lipinski definition) is 3. The molecule has 1 aromatic carbocycles. The van der Waals surface area contributed by atoms with Crippen molar-refractivity contribution in [2.24, 2.45) is 4.99 Å². The molecule has 3 rings (SSSR count). The zero-order valence-electron chi connectivity index (χ0n) is 15.2. The lowest BCUT2D eigenvalue weighted by Crippen LogP contribution is -2.52. The maximum Gasteiger partial charge on any atom is 0.194 e. The molecular formula is C20H26ClN5. The van der Waals surface area contributed by atoms with Crippen molar-refractivity contribution < 1.29 is 0 Å². The highest BCUT2D eigenvalue weighted by molar-refractivity contribution is 6.30. The Kier molecular flexibility index (Phi) is 6.72. The first-order chi connectivity index (χ1) is 12.8. The smallest absolute Gasteiger partial charge is 0.194 e. The van der Waals surface area contributed by atoms with Crippen LogP contribution in [0.4, 0.5) is 5.69 Å². The molecule has 1 N–H and O–H groups in total. The molecule has 1 saturated heterocycles. The van der Waals surface area contributed by atoms with Crippen LogP contribution in [0, 0.1) is 0 Å². The molecule has 1 aromatic heterocycles. The molecule has 5 nitrogen and oxygen atoms in total. The van der Waals surface area contributed by atoms with Gasteiger partial charge in [0, 0.05) is 62.4 Å². The lowest BCUT2D eigenvalue weighted by molar-refractivity contribution is 0.372. The van der Waals surface area contributed by atoms with Gasteiger partial charge >= 0.3 is 0 Å². The fraction of sp³-hybridized carbons (Fsp3) is 0.400. The van der Waals surface area contributed by atoms with E-state index in [1.54, 1.807) is 6.20 Å². The van der Waals surface area contributed by atoms with Crippen LogP contribution >= 0.6 is 11.6 Å². The molecule has 0 unspecified atom stereocenters. The average Bonchev–Trinajstić information content (AvgIpc) is 2.68. The summed E-state index contributed by atoms with van der Waals surface area (Å²) in [6.45, 7) is 7.58. The van der Waals surface area contributed by atoms with Gasteiger partial charge in [0.05, 0.1) is 0 Å². The number of nitrogens with one attached hydrogen (secondary N) is 1. The Morgan fingerprint density at radius 2 is 2.04 bits per heavy atom. The molecule has 6 heteroatoms. The summed E-state index contributed by atoms with van der Waals surface area (Å²) in [6.07, 6.45) is 4.62. The van der Waals surface area contributed by atoms with Crippen molar-refractivity contribution in [3.8, 4) is 0 Å². The highest BCUT2D eigenvalue weighted by atomic mass is 35.5. The first-order valence-corrected chi connectivity index (χ1v) is 9.56. The fourth-order valence-electron chi connectivity index (χ4n) is 3.11. The van der Waals surface area contributed by atoms with Crippen molar-refractivity contribution in [3.63, 3.8) is 0 Å². The van der Waals surface area contributed by atoms with Crippen LogP contribution in [0.25, 0.3) is 0 Å². The minimum Gasteiger partial charge on any atom is -0.368 e. The van der Waals surface area contributed by atoms with Crippen molar-refractivity contribution >= 4 is 23.2 Å². The molecule has 1 aliphatic heterocycles. The number of anilines is 1. The van der Waals surface area contributed by atoms with Gasteiger partial charge in [-0.2, -0.15) is 0 Å². The summed E-state index contributed by atoms with van der Waals surface area (Å²) >= 11 is 6.12. The van der Waals surface area contributed by atoms with Crippen LogP contribution in [-0.4, -0.2) is 55.1 Å². The number of guanidine groups is 1. The summed E-state index contributed by atoms with van der Waals surface area (Å²) in [5.41, 5.74) is 2.41. The second-order valence-corrected chi connectivity index (χ2v) is 6.74. The minimum atomic E-state index is 0.766. The third-order valence-corrected chi connectivity index (χ3v) is 4.71. The molecule has 0 bridgehead atoms. The molecule has 0 radical (unpaired) electrons. The Bertz CT molecular complexity index is 711. The van der Waals surface area contributed by atoms with Gasteiger partial charge < -0.3 is 15.1 Å². The Morgan fingerprint density at radius 3 is 2.73 bits per heavy atom. The number of aliphatic imine (C=N–C) groups is 1. The molecule has 2 aromatic rings. The van der Waals surface area contributed by atoms with Gasteiger partial charge in [-0.3, -0.25) is 9.98 Å². The zero-order chi connectivity index (χ0) is 18.2. The monoisotopic (exact) mass is 371 g/mol. The van der Waals surface area contributed by atoms with Gasteiger partial charge in [0.1, 0.15) is 0 Å². The molecule has 1 fully saturated rings. The third-order valence-electron chi connectivity index (χ3n) is 4.47. The lowest BCUT2D eigenvalue weighted by atomic mass is 10.2. The summed E-state index contributed by atoms with van der Waals surface area (Å²) in [6, 6.07) is 12.1. The number of benzene rings is 1. The Balaban J connectivity index is 1.56. The van der Waals surface area contributed by atoms with E-state index in [1.165, 1.54) is 11.3 Å². The lowest BCUT2D eigenvalue weighted by Gasteiger charge is -2.37. The van der Waals surface area contributed by atoms with Gasteiger partial charge in [0.25, 0.3) is 0 Å². The predicted octanol–water partition coefficient (Wildman–Crippen LogP) is 3.07. The molecule has 26 heavy (non-hydrogen) atoms. The van der Waals surface area contributed by atoms with E-state index < -0.39 is 0 Å². The molecule has 0 amide bonds. The van der Waals surface area contributed by atoms with Gasteiger partial charge in [-0.1, -0.05) is 23.7 Å². The third kappa shape index (κ3) is 5.11. The number of pyridine rings is 1. The highest BCUT2D eigenvalue weighted by Crippen LogP contribution is 2.20. The number of hydrogen-bond donors (Lipinski definition) is 1. The van der Waals surface area contributed by atoms with Gasteiger partial charge in [0.15, 0.2) is 5.96 Å². The number of piperazine rings is 1. The summed E-state index contributed by atoms with van der Waals surface area (Å²) in [4.78, 5) is 13.7. The quantitative estimate of drug-likeness (QED) is 0.648. The predicted molar refractivity (Wildman–Crippen MR) is 109 cm³/mol. The minimum absolute atomic E-state index is 0.766. The van der Waals surface area contributed by atoms with Crippen molar-refractivity contribution in [2.75, 3.05) is 44.2 Å². The van der Waals surface area contributed by atoms with Crippen molar-refractivity contribution in [1.29, 1.82) is 0 Å². The standard InChI is InChI=1S/C20H26ClN5/c1-2-23-20(24-10-8-17-5-4-9-22-16-17)26-13-11-25(12-14-26)19-7-3-6-18(21)15-19/h3-7,9,15-16H,2,8,10-14H2,1H3,(H,23,24). The summed E-state index contributed by atoms with van der Waals surface area (Å²) in [5, 5.41) is 4.21. The Hall–Kier alpha value is -2.27. The molecule has 0 atom stereocenters. The second-order valence-electron chi connectivity index (χ2n) is 6.30. The van der Waals surface area contributed by atoms with E-state index in [9.17, 15) is 0 Å². The van der Waals surface area contributed by atoms with Gasteiger partial charge in [-0.25, -0.2) is 0 Å². The van der Waals surface area contributed by atoms with Crippen molar-refractivity contribution in [3.05, 3.63) is 59.4 Å². The highest BCUT2D eigenvalue weighted by Gasteiger charge is 2.19.